The monoisotopic (exact) mass is 366 g/mol. The van der Waals surface area contributed by atoms with E-state index in [4.69, 9.17) is 0 Å². The average Bonchev–Trinajstić information content (AvgIpc) is 2.68. The number of amides is 1. The van der Waals surface area contributed by atoms with E-state index in [1.54, 1.807) is 0 Å². The first-order chi connectivity index (χ1) is 13.3. The van der Waals surface area contributed by atoms with Gasteiger partial charge in [-0.2, -0.15) is 5.26 Å². The van der Waals surface area contributed by atoms with Gasteiger partial charge in [-0.25, -0.2) is 0 Å². The van der Waals surface area contributed by atoms with Crippen LogP contribution in [0.2, 0.25) is 0 Å². The first-order valence-electron chi connectivity index (χ1n) is 10.7. The molecule has 144 valence electrons. The third kappa shape index (κ3) is 3.87. The van der Waals surface area contributed by atoms with Gasteiger partial charge in [0.15, 0.2) is 0 Å². The van der Waals surface area contributed by atoms with Crippen molar-refractivity contribution in [2.45, 2.75) is 82.0 Å². The van der Waals surface area contributed by atoms with Gasteiger partial charge < -0.3 is 9.80 Å². The molecule has 2 heterocycles. The van der Waals surface area contributed by atoms with Crippen LogP contribution in [0.15, 0.2) is 29.3 Å². The molecule has 2 atom stereocenters. The topological polar surface area (TPSA) is 59.7 Å². The van der Waals surface area contributed by atoms with Crippen molar-refractivity contribution in [2.75, 3.05) is 13.1 Å². The van der Waals surface area contributed by atoms with Gasteiger partial charge in [-0.3, -0.25) is 9.79 Å². The van der Waals surface area contributed by atoms with Gasteiger partial charge in [-0.1, -0.05) is 56.4 Å². The molecule has 0 aromatic heterocycles. The number of carbonyl (C=O) groups is 1. The minimum absolute atomic E-state index is 0.0301. The molecule has 2 aliphatic carbocycles. The predicted molar refractivity (Wildman–Crippen MR) is 106 cm³/mol. The van der Waals surface area contributed by atoms with Gasteiger partial charge in [0.2, 0.25) is 5.71 Å². The predicted octanol–water partition coefficient (Wildman–Crippen LogP) is 3.23. The molecule has 0 spiro atoms. The van der Waals surface area contributed by atoms with Crippen LogP contribution in [0.3, 0.4) is 0 Å². The Labute approximate surface area is 162 Å². The number of likely N-dealkylation sites (tertiary alicyclic amines) is 1. The molecule has 0 N–H and O–H groups in total. The zero-order valence-electron chi connectivity index (χ0n) is 16.1. The van der Waals surface area contributed by atoms with Crippen molar-refractivity contribution in [3.8, 4) is 6.07 Å². The molecule has 2 aliphatic heterocycles. The number of hydrogen-bond donors (Lipinski definition) is 0. The van der Waals surface area contributed by atoms with Gasteiger partial charge >= 0.3 is 0 Å². The normalized spacial score (nSPS) is 31.0. The number of hydrogen-bond acceptors (Lipinski definition) is 4. The lowest BCUT2D eigenvalue weighted by Crippen LogP contribution is -2.59. The third-order valence-corrected chi connectivity index (χ3v) is 6.70. The zero-order valence-corrected chi connectivity index (χ0v) is 16.1. The van der Waals surface area contributed by atoms with Gasteiger partial charge in [0.05, 0.1) is 12.1 Å². The molecule has 4 aliphatic rings. The molecular formula is C22H30N4O. The van der Waals surface area contributed by atoms with Crippen molar-refractivity contribution >= 4 is 11.6 Å². The summed E-state index contributed by atoms with van der Waals surface area (Å²) in [7, 11) is 0. The third-order valence-electron chi connectivity index (χ3n) is 6.70. The van der Waals surface area contributed by atoms with Gasteiger partial charge in [0.1, 0.15) is 6.07 Å². The summed E-state index contributed by atoms with van der Waals surface area (Å²) in [5.41, 5.74) is 0.0682. The smallest absolute Gasteiger partial charge is 0.283 e. The van der Waals surface area contributed by atoms with Crippen molar-refractivity contribution in [2.24, 2.45) is 4.99 Å². The molecule has 2 unspecified atom stereocenters. The van der Waals surface area contributed by atoms with Crippen LogP contribution in [0.5, 0.6) is 0 Å². The fraction of sp³-hybridized carbons (Fsp3) is 0.682. The van der Waals surface area contributed by atoms with E-state index < -0.39 is 0 Å². The van der Waals surface area contributed by atoms with Gasteiger partial charge in [0.25, 0.3) is 5.91 Å². The minimum atomic E-state index is -0.178. The summed E-state index contributed by atoms with van der Waals surface area (Å²) in [5.74, 6) is -0.178. The van der Waals surface area contributed by atoms with E-state index in [0.717, 1.165) is 32.0 Å². The average molecular weight is 367 g/mol. The Kier molecular flexibility index (Phi) is 5.73. The van der Waals surface area contributed by atoms with Crippen molar-refractivity contribution in [3.63, 3.8) is 0 Å². The molecule has 0 bridgehead atoms. The molecule has 2 fully saturated rings. The summed E-state index contributed by atoms with van der Waals surface area (Å²) in [6, 6.07) is 2.82. The maximum Gasteiger partial charge on any atom is 0.283 e. The standard InChI is InChI=1S/C22H30N4O/c23-16-20-22(27)26(21-11-7-6-10-19(21)24-20)18-12-14-25(15-13-18)17-8-4-2-1-3-5-9-17/h6-7,10-11,17-19,21H,1-5,8-9,12-15H2. The fourth-order valence-electron chi connectivity index (χ4n) is 5.24. The van der Waals surface area contributed by atoms with Crippen molar-refractivity contribution in [1.29, 1.82) is 5.26 Å². The summed E-state index contributed by atoms with van der Waals surface area (Å²) in [4.78, 5) is 21.9. The van der Waals surface area contributed by atoms with E-state index in [2.05, 4.69) is 16.0 Å². The van der Waals surface area contributed by atoms with Crippen LogP contribution in [0.4, 0.5) is 0 Å². The molecule has 5 heteroatoms. The lowest BCUT2D eigenvalue weighted by molar-refractivity contribution is -0.130. The first kappa shape index (κ1) is 18.4. The Hall–Kier alpha value is -1.93. The minimum Gasteiger partial charge on any atom is -0.325 e. The highest BCUT2D eigenvalue weighted by Gasteiger charge is 2.41. The second kappa shape index (κ2) is 8.39. The van der Waals surface area contributed by atoms with Crippen LogP contribution >= 0.6 is 0 Å². The van der Waals surface area contributed by atoms with Crippen LogP contribution in [-0.2, 0) is 4.79 Å². The number of carbonyl (C=O) groups excluding carboxylic acids is 1. The van der Waals surface area contributed by atoms with Crippen LogP contribution in [0, 0.1) is 11.3 Å². The molecule has 0 aromatic carbocycles. The molecule has 0 radical (unpaired) electrons. The zero-order chi connectivity index (χ0) is 18.6. The van der Waals surface area contributed by atoms with Crippen LogP contribution in [-0.4, -0.2) is 58.7 Å². The molecule has 1 saturated carbocycles. The largest absolute Gasteiger partial charge is 0.325 e. The molecule has 5 nitrogen and oxygen atoms in total. The number of nitrogens with zero attached hydrogens (tertiary/aromatic N) is 4. The highest BCUT2D eigenvalue weighted by Crippen LogP contribution is 2.30. The molecule has 1 saturated heterocycles. The Morgan fingerprint density at radius 2 is 1.59 bits per heavy atom. The fourth-order valence-corrected chi connectivity index (χ4v) is 5.24. The number of nitriles is 1. The highest BCUT2D eigenvalue weighted by molar-refractivity contribution is 6.45. The molecule has 1 amide bonds. The maximum absolute atomic E-state index is 12.9. The van der Waals surface area contributed by atoms with E-state index in [9.17, 15) is 10.1 Å². The lowest BCUT2D eigenvalue weighted by atomic mass is 9.90. The Bertz CT molecular complexity index is 673. The summed E-state index contributed by atoms with van der Waals surface area (Å²) < 4.78 is 0. The number of piperidine rings is 1. The second-order valence-corrected chi connectivity index (χ2v) is 8.32. The van der Waals surface area contributed by atoms with Crippen molar-refractivity contribution < 1.29 is 4.79 Å². The van der Waals surface area contributed by atoms with Gasteiger partial charge in [-0.15, -0.1) is 0 Å². The van der Waals surface area contributed by atoms with E-state index in [1.807, 2.05) is 29.2 Å². The van der Waals surface area contributed by atoms with Crippen LogP contribution in [0.25, 0.3) is 0 Å². The van der Waals surface area contributed by atoms with Gasteiger partial charge in [0, 0.05) is 25.2 Å². The van der Waals surface area contributed by atoms with Crippen molar-refractivity contribution in [1.82, 2.24) is 9.80 Å². The molecule has 27 heavy (non-hydrogen) atoms. The molecule has 4 rings (SSSR count). The van der Waals surface area contributed by atoms with Gasteiger partial charge in [-0.05, 0) is 25.7 Å². The lowest BCUT2D eigenvalue weighted by Gasteiger charge is -2.46. The summed E-state index contributed by atoms with van der Waals surface area (Å²) in [6.07, 6.45) is 19.6. The number of fused-ring (bicyclic) bond motifs is 1. The number of rotatable bonds is 2. The Balaban J connectivity index is 1.43. The number of allylic oxidation sites excluding steroid dienone is 2. The van der Waals surface area contributed by atoms with Crippen LogP contribution in [0.1, 0.15) is 57.8 Å². The molecular weight excluding hydrogens is 336 g/mol. The summed E-state index contributed by atoms with van der Waals surface area (Å²) in [6.45, 7) is 2.13. The van der Waals surface area contributed by atoms with Crippen LogP contribution < -0.4 is 0 Å². The summed E-state index contributed by atoms with van der Waals surface area (Å²) in [5, 5.41) is 9.35. The quantitative estimate of drug-likeness (QED) is 0.754. The van der Waals surface area contributed by atoms with E-state index in [0.29, 0.717) is 0 Å². The second-order valence-electron chi connectivity index (χ2n) is 8.32. The molecule has 0 aromatic rings. The maximum atomic E-state index is 12.9. The Morgan fingerprint density at radius 3 is 2.30 bits per heavy atom. The Morgan fingerprint density at radius 1 is 0.926 bits per heavy atom. The number of aliphatic imine (C=N–C) groups is 1. The van der Waals surface area contributed by atoms with E-state index >= 15 is 0 Å². The SMILES string of the molecule is N#CC1=NC2C=CC=CC2N(C2CCN(C3CCCCCCC3)CC2)C1=O. The first-order valence-corrected chi connectivity index (χ1v) is 10.7. The highest BCUT2D eigenvalue weighted by atomic mass is 16.2. The van der Waals surface area contributed by atoms with Crippen molar-refractivity contribution in [3.05, 3.63) is 24.3 Å². The summed E-state index contributed by atoms with van der Waals surface area (Å²) >= 11 is 0. The van der Waals surface area contributed by atoms with E-state index in [1.165, 1.54) is 44.9 Å². The van der Waals surface area contributed by atoms with E-state index in [-0.39, 0.29) is 29.7 Å².